The minimum atomic E-state index is 0.111. The maximum absolute atomic E-state index is 6.06. The Hall–Kier alpha value is -1.10. The van der Waals surface area contributed by atoms with Crippen molar-refractivity contribution in [2.24, 2.45) is 5.73 Å². The quantitative estimate of drug-likeness (QED) is 0.679. The third kappa shape index (κ3) is 6.00. The van der Waals surface area contributed by atoms with E-state index >= 15 is 0 Å². The number of nitrogens with two attached hydrogens (primary N) is 1. The van der Waals surface area contributed by atoms with E-state index in [2.05, 4.69) is 6.07 Å². The predicted molar refractivity (Wildman–Crippen MR) is 72.0 cm³/mol. The lowest BCUT2D eigenvalue weighted by molar-refractivity contribution is 0.0672. The molecule has 102 valence electrons. The summed E-state index contributed by atoms with van der Waals surface area (Å²) in [4.78, 5) is 0. The van der Waals surface area contributed by atoms with Crippen LogP contribution in [0.2, 0.25) is 0 Å². The molecule has 1 rings (SSSR count). The number of hydrogen-bond donors (Lipinski definition) is 1. The fourth-order valence-electron chi connectivity index (χ4n) is 1.68. The molecule has 0 aromatic heterocycles. The minimum Gasteiger partial charge on any atom is -0.497 e. The fourth-order valence-corrected chi connectivity index (χ4v) is 1.68. The van der Waals surface area contributed by atoms with Gasteiger partial charge in [-0.15, -0.1) is 0 Å². The van der Waals surface area contributed by atoms with Gasteiger partial charge >= 0.3 is 0 Å². The van der Waals surface area contributed by atoms with Crippen LogP contribution in [0.3, 0.4) is 0 Å². The molecule has 1 unspecified atom stereocenters. The van der Waals surface area contributed by atoms with E-state index in [1.165, 1.54) is 5.56 Å². The molecule has 0 aliphatic heterocycles. The molecule has 1 aromatic carbocycles. The summed E-state index contributed by atoms with van der Waals surface area (Å²) in [6.45, 7) is 1.93. The number of rotatable bonds is 9. The smallest absolute Gasteiger partial charge is 0.119 e. The summed E-state index contributed by atoms with van der Waals surface area (Å²) >= 11 is 0. The topological polar surface area (TPSA) is 53.7 Å². The van der Waals surface area contributed by atoms with E-state index < -0.39 is 0 Å². The molecule has 0 fully saturated rings. The van der Waals surface area contributed by atoms with Crippen molar-refractivity contribution in [1.29, 1.82) is 0 Å². The molecule has 18 heavy (non-hydrogen) atoms. The van der Waals surface area contributed by atoms with Crippen LogP contribution in [0.5, 0.6) is 5.75 Å². The molecule has 1 aromatic rings. The summed E-state index contributed by atoms with van der Waals surface area (Å²) in [6, 6.07) is 8.11. The average Bonchev–Trinajstić information content (AvgIpc) is 2.38. The summed E-state index contributed by atoms with van der Waals surface area (Å²) < 4.78 is 15.5. The number of methoxy groups -OCH3 is 2. The summed E-state index contributed by atoms with van der Waals surface area (Å²) in [7, 11) is 3.33. The third-order valence-corrected chi connectivity index (χ3v) is 2.70. The van der Waals surface area contributed by atoms with Crippen molar-refractivity contribution < 1.29 is 14.2 Å². The monoisotopic (exact) mass is 253 g/mol. The predicted octanol–water partition coefficient (Wildman–Crippen LogP) is 1.62. The molecule has 0 aliphatic rings. The number of hydrogen-bond acceptors (Lipinski definition) is 4. The highest BCUT2D eigenvalue weighted by molar-refractivity contribution is 5.28. The van der Waals surface area contributed by atoms with E-state index in [-0.39, 0.29) is 6.04 Å². The van der Waals surface area contributed by atoms with Gasteiger partial charge in [0.15, 0.2) is 0 Å². The Morgan fingerprint density at radius 2 is 2.00 bits per heavy atom. The van der Waals surface area contributed by atoms with Crippen molar-refractivity contribution in [1.82, 2.24) is 0 Å². The van der Waals surface area contributed by atoms with Gasteiger partial charge in [0, 0.05) is 19.8 Å². The van der Waals surface area contributed by atoms with Crippen LogP contribution < -0.4 is 10.5 Å². The zero-order valence-corrected chi connectivity index (χ0v) is 11.2. The van der Waals surface area contributed by atoms with Gasteiger partial charge in [0.1, 0.15) is 5.75 Å². The Morgan fingerprint density at radius 3 is 2.72 bits per heavy atom. The molecule has 2 N–H and O–H groups in total. The van der Waals surface area contributed by atoms with E-state index in [0.29, 0.717) is 19.8 Å². The summed E-state index contributed by atoms with van der Waals surface area (Å²) in [5.74, 6) is 0.871. The van der Waals surface area contributed by atoms with Gasteiger partial charge < -0.3 is 19.9 Å². The molecule has 0 amide bonds. The van der Waals surface area contributed by atoms with E-state index in [0.717, 1.165) is 18.6 Å². The summed E-state index contributed by atoms with van der Waals surface area (Å²) in [6.07, 6.45) is 1.69. The summed E-state index contributed by atoms with van der Waals surface area (Å²) in [5, 5.41) is 0. The molecular formula is C14H23NO3. The highest BCUT2D eigenvalue weighted by atomic mass is 16.5. The highest BCUT2D eigenvalue weighted by Gasteiger charge is 2.05. The van der Waals surface area contributed by atoms with Crippen LogP contribution in [0, 0.1) is 0 Å². The first kappa shape index (κ1) is 15.0. The van der Waals surface area contributed by atoms with Gasteiger partial charge in [-0.25, -0.2) is 0 Å². The second-order valence-electron chi connectivity index (χ2n) is 4.21. The summed E-state index contributed by atoms with van der Waals surface area (Å²) in [5.41, 5.74) is 7.25. The van der Waals surface area contributed by atoms with Crippen LogP contribution in [0.25, 0.3) is 0 Å². The van der Waals surface area contributed by atoms with Crippen LogP contribution in [-0.4, -0.2) is 40.1 Å². The normalized spacial score (nSPS) is 12.4. The zero-order chi connectivity index (χ0) is 13.2. The lowest BCUT2D eigenvalue weighted by Crippen LogP contribution is -2.25. The van der Waals surface area contributed by atoms with Crippen LogP contribution in [0.4, 0.5) is 0 Å². The van der Waals surface area contributed by atoms with Crippen LogP contribution >= 0.6 is 0 Å². The maximum Gasteiger partial charge on any atom is 0.119 e. The van der Waals surface area contributed by atoms with Crippen molar-refractivity contribution in [3.05, 3.63) is 29.8 Å². The van der Waals surface area contributed by atoms with Crippen LogP contribution in [-0.2, 0) is 15.9 Å². The van der Waals surface area contributed by atoms with E-state index in [1.807, 2.05) is 18.2 Å². The first-order chi connectivity index (χ1) is 8.76. The van der Waals surface area contributed by atoms with Gasteiger partial charge in [0.25, 0.3) is 0 Å². The second kappa shape index (κ2) is 8.91. The van der Waals surface area contributed by atoms with Crippen molar-refractivity contribution in [2.75, 3.05) is 34.0 Å². The standard InChI is InChI=1S/C14H23NO3/c1-16-8-9-18-7-6-13(15)10-12-4-3-5-14(11-12)17-2/h3-5,11,13H,6-10,15H2,1-2H3. The lowest BCUT2D eigenvalue weighted by Gasteiger charge is -2.12. The Labute approximate surface area is 109 Å². The highest BCUT2D eigenvalue weighted by Crippen LogP contribution is 2.14. The molecule has 0 heterocycles. The van der Waals surface area contributed by atoms with Gasteiger partial charge in [0.05, 0.1) is 20.3 Å². The first-order valence-electron chi connectivity index (χ1n) is 6.21. The molecule has 0 bridgehead atoms. The van der Waals surface area contributed by atoms with E-state index in [4.69, 9.17) is 19.9 Å². The Bertz CT molecular complexity index is 331. The van der Waals surface area contributed by atoms with Crippen LogP contribution in [0.15, 0.2) is 24.3 Å². The van der Waals surface area contributed by atoms with Gasteiger partial charge in [-0.05, 0) is 30.5 Å². The van der Waals surface area contributed by atoms with E-state index in [1.54, 1.807) is 14.2 Å². The zero-order valence-electron chi connectivity index (χ0n) is 11.2. The van der Waals surface area contributed by atoms with Crippen molar-refractivity contribution in [2.45, 2.75) is 18.9 Å². The molecule has 0 spiro atoms. The van der Waals surface area contributed by atoms with Crippen LogP contribution in [0.1, 0.15) is 12.0 Å². The van der Waals surface area contributed by atoms with Gasteiger partial charge in [-0.1, -0.05) is 12.1 Å². The molecule has 4 nitrogen and oxygen atoms in total. The second-order valence-corrected chi connectivity index (χ2v) is 4.21. The minimum absolute atomic E-state index is 0.111. The molecule has 0 saturated carbocycles. The Kier molecular flexibility index (Phi) is 7.41. The van der Waals surface area contributed by atoms with Crippen molar-refractivity contribution >= 4 is 0 Å². The van der Waals surface area contributed by atoms with E-state index in [9.17, 15) is 0 Å². The fraction of sp³-hybridized carbons (Fsp3) is 0.571. The molecular weight excluding hydrogens is 230 g/mol. The molecule has 0 saturated heterocycles. The molecule has 0 aliphatic carbocycles. The van der Waals surface area contributed by atoms with Gasteiger partial charge in [-0.2, -0.15) is 0 Å². The maximum atomic E-state index is 6.06. The molecule has 4 heteroatoms. The largest absolute Gasteiger partial charge is 0.497 e. The van der Waals surface area contributed by atoms with Crippen molar-refractivity contribution in [3.63, 3.8) is 0 Å². The third-order valence-electron chi connectivity index (χ3n) is 2.70. The number of ether oxygens (including phenoxy) is 3. The average molecular weight is 253 g/mol. The van der Waals surface area contributed by atoms with Gasteiger partial charge in [0.2, 0.25) is 0 Å². The van der Waals surface area contributed by atoms with Gasteiger partial charge in [-0.3, -0.25) is 0 Å². The molecule has 0 radical (unpaired) electrons. The molecule has 1 atom stereocenters. The SMILES string of the molecule is COCCOCCC(N)Cc1cccc(OC)c1. The lowest BCUT2D eigenvalue weighted by atomic mass is 10.0. The van der Waals surface area contributed by atoms with Crippen molar-refractivity contribution in [3.8, 4) is 5.75 Å². The Morgan fingerprint density at radius 1 is 1.17 bits per heavy atom. The first-order valence-corrected chi connectivity index (χ1v) is 6.21. The number of benzene rings is 1. The Balaban J connectivity index is 2.24.